The summed E-state index contributed by atoms with van der Waals surface area (Å²) >= 11 is 0. The molecule has 1 unspecified atom stereocenters. The van der Waals surface area contributed by atoms with E-state index in [0.717, 1.165) is 36.8 Å². The number of allylic oxidation sites excluding steroid dienone is 1. The monoisotopic (exact) mass is 280 g/mol. The molecule has 0 saturated carbocycles. The van der Waals surface area contributed by atoms with Crippen molar-refractivity contribution < 1.29 is 19.3 Å². The number of hydrogen-bond donors (Lipinski definition) is 2. The van der Waals surface area contributed by atoms with Crippen molar-refractivity contribution in [2.24, 2.45) is 0 Å². The van der Waals surface area contributed by atoms with Gasteiger partial charge in [-0.3, -0.25) is 0 Å². The number of hydrogen-bond acceptors (Lipinski definition) is 3. The molecule has 0 amide bonds. The summed E-state index contributed by atoms with van der Waals surface area (Å²) in [5, 5.41) is 18.3. The van der Waals surface area contributed by atoms with Gasteiger partial charge in [0.05, 0.1) is 6.61 Å². The van der Waals surface area contributed by atoms with Gasteiger partial charge >= 0.3 is 0 Å². The number of aliphatic hydroxyl groups excluding tert-OH is 1. The van der Waals surface area contributed by atoms with Crippen molar-refractivity contribution in [1.29, 1.82) is 0 Å². The number of aliphatic hydroxyl groups is 1. The Balaban J connectivity index is 2.07. The van der Waals surface area contributed by atoms with Crippen molar-refractivity contribution >= 4 is 0 Å². The molecule has 4 heteroatoms. The Bertz CT molecular complexity index is 525. The largest absolute Gasteiger partial charge is 0.505 e. The standard InChI is InChI=1S/C16H21FO3/c1-11(10-18)4-3-6-16(2)7-5-12-8-14(19)13(17)9-15(12)20-16/h4,8-9,18-19H,3,5-7,10H2,1-2H3/b11-4+. The Morgan fingerprint density at radius 3 is 2.95 bits per heavy atom. The Labute approximate surface area is 118 Å². The van der Waals surface area contributed by atoms with Gasteiger partial charge in [-0.05, 0) is 51.2 Å². The van der Waals surface area contributed by atoms with E-state index >= 15 is 0 Å². The number of aromatic hydroxyl groups is 1. The summed E-state index contributed by atoms with van der Waals surface area (Å²) < 4.78 is 19.3. The minimum atomic E-state index is -0.649. The zero-order valence-electron chi connectivity index (χ0n) is 11.9. The smallest absolute Gasteiger partial charge is 0.168 e. The van der Waals surface area contributed by atoms with Gasteiger partial charge in [0.25, 0.3) is 0 Å². The Morgan fingerprint density at radius 2 is 2.25 bits per heavy atom. The van der Waals surface area contributed by atoms with Gasteiger partial charge in [0, 0.05) is 6.07 Å². The van der Waals surface area contributed by atoms with Gasteiger partial charge in [-0.15, -0.1) is 0 Å². The van der Waals surface area contributed by atoms with E-state index in [-0.39, 0.29) is 18.0 Å². The maximum Gasteiger partial charge on any atom is 0.168 e. The number of aryl methyl sites for hydroxylation is 1. The van der Waals surface area contributed by atoms with Gasteiger partial charge in [0.15, 0.2) is 11.6 Å². The summed E-state index contributed by atoms with van der Waals surface area (Å²) in [4.78, 5) is 0. The highest BCUT2D eigenvalue weighted by atomic mass is 19.1. The second-order valence-electron chi connectivity index (χ2n) is 5.71. The number of benzene rings is 1. The molecule has 2 N–H and O–H groups in total. The summed E-state index contributed by atoms with van der Waals surface area (Å²) in [7, 11) is 0. The average Bonchev–Trinajstić information content (AvgIpc) is 2.40. The quantitative estimate of drug-likeness (QED) is 0.832. The molecule has 0 bridgehead atoms. The van der Waals surface area contributed by atoms with E-state index in [9.17, 15) is 9.50 Å². The Morgan fingerprint density at radius 1 is 1.50 bits per heavy atom. The number of ether oxygens (including phenoxy) is 1. The van der Waals surface area contributed by atoms with Crippen LogP contribution in [0.4, 0.5) is 4.39 Å². The number of phenolic OH excluding ortho intramolecular Hbond substituents is 1. The Kier molecular flexibility index (Phi) is 4.33. The molecule has 3 nitrogen and oxygen atoms in total. The van der Waals surface area contributed by atoms with Crippen molar-refractivity contribution in [3.8, 4) is 11.5 Å². The maximum atomic E-state index is 13.4. The first-order valence-electron chi connectivity index (χ1n) is 6.90. The minimum absolute atomic E-state index is 0.0743. The molecule has 0 saturated heterocycles. The molecule has 0 aromatic heterocycles. The molecule has 1 aliphatic rings. The van der Waals surface area contributed by atoms with Crippen molar-refractivity contribution in [3.63, 3.8) is 0 Å². The summed E-state index contributed by atoms with van der Waals surface area (Å²) in [5.74, 6) is -0.446. The number of fused-ring (bicyclic) bond motifs is 1. The van der Waals surface area contributed by atoms with E-state index in [1.165, 1.54) is 12.1 Å². The molecular weight excluding hydrogens is 259 g/mol. The number of halogens is 1. The first-order valence-corrected chi connectivity index (χ1v) is 6.90. The minimum Gasteiger partial charge on any atom is -0.505 e. The second-order valence-corrected chi connectivity index (χ2v) is 5.71. The topological polar surface area (TPSA) is 49.7 Å². The molecule has 0 aliphatic carbocycles. The van der Waals surface area contributed by atoms with E-state index in [0.29, 0.717) is 5.75 Å². The normalized spacial score (nSPS) is 22.3. The molecule has 1 aliphatic heterocycles. The van der Waals surface area contributed by atoms with Crippen LogP contribution >= 0.6 is 0 Å². The van der Waals surface area contributed by atoms with Gasteiger partial charge in [0.2, 0.25) is 0 Å². The Hall–Kier alpha value is -1.55. The SMILES string of the molecule is C/C(=C\CCC1(C)CCc2cc(O)c(F)cc2O1)CO. The molecule has 1 aromatic rings. The molecule has 1 aromatic carbocycles. The van der Waals surface area contributed by atoms with Gasteiger partial charge in [0.1, 0.15) is 11.4 Å². The van der Waals surface area contributed by atoms with Gasteiger partial charge in [-0.25, -0.2) is 4.39 Å². The van der Waals surface area contributed by atoms with Gasteiger partial charge in [-0.2, -0.15) is 0 Å². The lowest BCUT2D eigenvalue weighted by Gasteiger charge is -2.36. The van der Waals surface area contributed by atoms with Crippen LogP contribution in [-0.2, 0) is 6.42 Å². The van der Waals surface area contributed by atoms with Crippen LogP contribution in [0.25, 0.3) is 0 Å². The van der Waals surface area contributed by atoms with Crippen LogP contribution in [0.3, 0.4) is 0 Å². The van der Waals surface area contributed by atoms with E-state index in [2.05, 4.69) is 0 Å². The average molecular weight is 280 g/mol. The first-order chi connectivity index (χ1) is 9.43. The fourth-order valence-corrected chi connectivity index (χ4v) is 2.46. The van der Waals surface area contributed by atoms with Crippen LogP contribution in [0.1, 0.15) is 38.7 Å². The van der Waals surface area contributed by atoms with Crippen LogP contribution in [0.2, 0.25) is 0 Å². The highest BCUT2D eigenvalue weighted by molar-refractivity contribution is 5.42. The predicted octanol–water partition coefficient (Wildman–Crippen LogP) is 3.33. The third-order valence-corrected chi connectivity index (χ3v) is 3.82. The third kappa shape index (κ3) is 3.31. The summed E-state index contributed by atoms with van der Waals surface area (Å²) in [6, 6.07) is 2.71. The van der Waals surface area contributed by atoms with E-state index < -0.39 is 5.82 Å². The van der Waals surface area contributed by atoms with Crippen LogP contribution in [0.15, 0.2) is 23.8 Å². The fourth-order valence-electron chi connectivity index (χ4n) is 2.46. The van der Waals surface area contributed by atoms with Crippen molar-refractivity contribution in [2.75, 3.05) is 6.61 Å². The lowest BCUT2D eigenvalue weighted by Crippen LogP contribution is -2.36. The molecule has 0 spiro atoms. The van der Waals surface area contributed by atoms with E-state index in [4.69, 9.17) is 9.84 Å². The zero-order valence-corrected chi connectivity index (χ0v) is 11.9. The van der Waals surface area contributed by atoms with Crippen LogP contribution < -0.4 is 4.74 Å². The number of phenols is 1. The molecule has 0 radical (unpaired) electrons. The molecule has 2 rings (SSSR count). The summed E-state index contributed by atoms with van der Waals surface area (Å²) in [5.41, 5.74) is 1.46. The van der Waals surface area contributed by atoms with Crippen molar-refractivity contribution in [3.05, 3.63) is 35.2 Å². The highest BCUT2D eigenvalue weighted by Gasteiger charge is 2.31. The molecule has 1 atom stereocenters. The van der Waals surface area contributed by atoms with Crippen molar-refractivity contribution in [1.82, 2.24) is 0 Å². The molecule has 110 valence electrons. The second kappa shape index (κ2) is 5.83. The van der Waals surface area contributed by atoms with Gasteiger partial charge < -0.3 is 14.9 Å². The molecule has 0 fully saturated rings. The zero-order chi connectivity index (χ0) is 14.8. The van der Waals surface area contributed by atoms with Crippen LogP contribution in [0, 0.1) is 5.82 Å². The maximum absolute atomic E-state index is 13.4. The van der Waals surface area contributed by atoms with Crippen LogP contribution in [0.5, 0.6) is 11.5 Å². The summed E-state index contributed by atoms with van der Waals surface area (Å²) in [6.45, 7) is 3.98. The fraction of sp³-hybridized carbons (Fsp3) is 0.500. The summed E-state index contributed by atoms with van der Waals surface area (Å²) in [6.07, 6.45) is 5.23. The van der Waals surface area contributed by atoms with Crippen LogP contribution in [-0.4, -0.2) is 22.4 Å². The lowest BCUT2D eigenvalue weighted by molar-refractivity contribution is 0.0565. The van der Waals surface area contributed by atoms with E-state index in [1.807, 2.05) is 19.9 Å². The predicted molar refractivity (Wildman–Crippen MR) is 75.5 cm³/mol. The lowest BCUT2D eigenvalue weighted by atomic mass is 9.88. The molecular formula is C16H21FO3. The number of rotatable bonds is 4. The third-order valence-electron chi connectivity index (χ3n) is 3.82. The van der Waals surface area contributed by atoms with E-state index in [1.54, 1.807) is 0 Å². The molecule has 20 heavy (non-hydrogen) atoms. The highest BCUT2D eigenvalue weighted by Crippen LogP contribution is 2.38. The van der Waals surface area contributed by atoms with Gasteiger partial charge in [-0.1, -0.05) is 11.6 Å². The van der Waals surface area contributed by atoms with Crippen molar-refractivity contribution in [2.45, 2.75) is 45.1 Å². The molecule has 1 heterocycles. The first kappa shape index (κ1) is 14.9.